The van der Waals surface area contributed by atoms with E-state index in [2.05, 4.69) is 30.5 Å². The van der Waals surface area contributed by atoms with E-state index >= 15 is 0 Å². The maximum absolute atomic E-state index is 13.8. The highest BCUT2D eigenvalue weighted by molar-refractivity contribution is 6.30. The second-order valence-corrected chi connectivity index (χ2v) is 12.2. The molecule has 9 nitrogen and oxygen atoms in total. The van der Waals surface area contributed by atoms with Gasteiger partial charge in [0.2, 0.25) is 5.91 Å². The number of pyridine rings is 1. The average molecular weight is 552 g/mol. The maximum atomic E-state index is 13.8. The van der Waals surface area contributed by atoms with Gasteiger partial charge in [-0.3, -0.25) is 14.3 Å². The van der Waals surface area contributed by atoms with Crippen molar-refractivity contribution in [3.63, 3.8) is 0 Å². The van der Waals surface area contributed by atoms with Crippen molar-refractivity contribution in [2.75, 3.05) is 39.2 Å². The Balaban J connectivity index is 1.14. The number of benzene rings is 1. The average Bonchev–Trinajstić information content (AvgIpc) is 3.61. The van der Waals surface area contributed by atoms with Crippen molar-refractivity contribution in [2.45, 2.75) is 50.2 Å². The molecule has 4 aliphatic rings. The number of carbonyl (C=O) groups is 1. The zero-order chi connectivity index (χ0) is 27.1. The summed E-state index contributed by atoms with van der Waals surface area (Å²) in [6.45, 7) is 2.95. The maximum Gasteiger partial charge on any atom is 0.242 e. The fourth-order valence-corrected chi connectivity index (χ4v) is 7.08. The molecule has 7 rings (SSSR count). The lowest BCUT2D eigenvalue weighted by Gasteiger charge is -2.59. The minimum absolute atomic E-state index is 0.142. The van der Waals surface area contributed by atoms with Crippen LogP contribution in [-0.4, -0.2) is 75.3 Å². The molecule has 11 heteroatoms. The number of methoxy groups -OCH3 is 1. The number of aromatic nitrogens is 4. The Labute approximate surface area is 231 Å². The summed E-state index contributed by atoms with van der Waals surface area (Å²) in [5.41, 5.74) is 1.84. The molecule has 2 aromatic heterocycles. The van der Waals surface area contributed by atoms with Gasteiger partial charge in [0, 0.05) is 56.2 Å². The standard InChI is InChI=1S/C28H31ClFN7O2/c1-34(2)26(38)28(6-7-28)36-13-17-8-19(29)4-5-21(17)37-24(14-36)32-33-25(37)18-10-27(11-18)15-35(16-27)23-9-22(39-3)20(30)12-31-23/h4-5,8-9,12,18H,6-7,10-11,13-16H2,1-3H3. The van der Waals surface area contributed by atoms with Gasteiger partial charge in [-0.25, -0.2) is 9.37 Å². The van der Waals surface area contributed by atoms with E-state index in [4.69, 9.17) is 21.4 Å². The van der Waals surface area contributed by atoms with Gasteiger partial charge in [-0.1, -0.05) is 11.6 Å². The third kappa shape index (κ3) is 3.82. The van der Waals surface area contributed by atoms with Gasteiger partial charge in [-0.15, -0.1) is 10.2 Å². The molecule has 2 saturated carbocycles. The molecule has 39 heavy (non-hydrogen) atoms. The first-order chi connectivity index (χ1) is 18.7. The van der Waals surface area contributed by atoms with Crippen LogP contribution in [0.15, 0.2) is 30.5 Å². The number of fused-ring (bicyclic) bond motifs is 3. The number of halogens is 2. The van der Waals surface area contributed by atoms with E-state index in [0.29, 0.717) is 18.1 Å². The Morgan fingerprint density at radius 3 is 2.62 bits per heavy atom. The molecule has 0 N–H and O–H groups in total. The van der Waals surface area contributed by atoms with E-state index < -0.39 is 11.4 Å². The highest BCUT2D eigenvalue weighted by Crippen LogP contribution is 2.57. The Kier molecular flexibility index (Phi) is 5.48. The molecular weight excluding hydrogens is 521 g/mol. The van der Waals surface area contributed by atoms with Crippen LogP contribution in [0.2, 0.25) is 5.02 Å². The molecule has 2 aliphatic carbocycles. The van der Waals surface area contributed by atoms with E-state index in [-0.39, 0.29) is 23.0 Å². The monoisotopic (exact) mass is 551 g/mol. The first-order valence-electron chi connectivity index (χ1n) is 13.4. The normalized spacial score (nSPS) is 20.9. The summed E-state index contributed by atoms with van der Waals surface area (Å²) in [4.78, 5) is 23.6. The van der Waals surface area contributed by atoms with Crippen LogP contribution in [0.4, 0.5) is 10.2 Å². The minimum Gasteiger partial charge on any atom is -0.493 e. The van der Waals surface area contributed by atoms with Gasteiger partial charge in [0.15, 0.2) is 17.4 Å². The minimum atomic E-state index is -0.489. The summed E-state index contributed by atoms with van der Waals surface area (Å²) in [5, 5.41) is 10.0. The van der Waals surface area contributed by atoms with E-state index in [9.17, 15) is 9.18 Å². The van der Waals surface area contributed by atoms with Crippen LogP contribution in [0, 0.1) is 11.2 Å². The molecule has 1 spiro atoms. The molecule has 4 heterocycles. The van der Waals surface area contributed by atoms with Crippen molar-refractivity contribution in [3.05, 3.63) is 58.5 Å². The van der Waals surface area contributed by atoms with Crippen LogP contribution in [0.3, 0.4) is 0 Å². The lowest BCUT2D eigenvalue weighted by molar-refractivity contribution is -0.136. The predicted octanol–water partition coefficient (Wildman–Crippen LogP) is 3.78. The fourth-order valence-electron chi connectivity index (χ4n) is 6.88. The third-order valence-corrected chi connectivity index (χ3v) is 9.23. The second kappa shape index (κ2) is 8.63. The van der Waals surface area contributed by atoms with Crippen LogP contribution >= 0.6 is 11.6 Å². The van der Waals surface area contributed by atoms with Gasteiger partial charge in [-0.2, -0.15) is 0 Å². The summed E-state index contributed by atoms with van der Waals surface area (Å²) >= 11 is 6.45. The predicted molar refractivity (Wildman–Crippen MR) is 144 cm³/mol. The summed E-state index contributed by atoms with van der Waals surface area (Å²) in [6, 6.07) is 7.64. The van der Waals surface area contributed by atoms with Crippen molar-refractivity contribution >= 4 is 23.3 Å². The molecule has 1 amide bonds. The molecule has 204 valence electrons. The van der Waals surface area contributed by atoms with Gasteiger partial charge in [0.25, 0.3) is 0 Å². The molecule has 0 radical (unpaired) electrons. The number of nitrogens with zero attached hydrogens (tertiary/aromatic N) is 7. The van der Waals surface area contributed by atoms with Gasteiger partial charge in [0.05, 0.1) is 25.5 Å². The number of amides is 1. The first-order valence-corrected chi connectivity index (χ1v) is 13.7. The van der Waals surface area contributed by atoms with Gasteiger partial charge >= 0.3 is 0 Å². The summed E-state index contributed by atoms with van der Waals surface area (Å²) in [5.74, 6) is 2.78. The molecule has 0 bridgehead atoms. The first kappa shape index (κ1) is 24.8. The molecule has 3 aromatic rings. The summed E-state index contributed by atoms with van der Waals surface area (Å²) in [6.07, 6.45) is 4.93. The summed E-state index contributed by atoms with van der Waals surface area (Å²) in [7, 11) is 5.11. The Morgan fingerprint density at radius 2 is 1.92 bits per heavy atom. The lowest BCUT2D eigenvalue weighted by atomic mass is 9.57. The van der Waals surface area contributed by atoms with Gasteiger partial charge in [0.1, 0.15) is 17.2 Å². The highest BCUT2D eigenvalue weighted by atomic mass is 35.5. The van der Waals surface area contributed by atoms with Crippen LogP contribution in [-0.2, 0) is 17.9 Å². The van der Waals surface area contributed by atoms with Crippen molar-refractivity contribution in [2.24, 2.45) is 5.41 Å². The smallest absolute Gasteiger partial charge is 0.242 e. The van der Waals surface area contributed by atoms with E-state index in [1.54, 1.807) is 11.0 Å². The Morgan fingerprint density at radius 1 is 1.15 bits per heavy atom. The van der Waals surface area contributed by atoms with Crippen LogP contribution in [0.1, 0.15) is 48.8 Å². The zero-order valence-electron chi connectivity index (χ0n) is 22.3. The van der Waals surface area contributed by atoms with Crippen molar-refractivity contribution in [1.82, 2.24) is 29.5 Å². The van der Waals surface area contributed by atoms with Gasteiger partial charge < -0.3 is 14.5 Å². The zero-order valence-corrected chi connectivity index (χ0v) is 23.1. The van der Waals surface area contributed by atoms with Crippen LogP contribution < -0.4 is 9.64 Å². The Bertz CT molecular complexity index is 1470. The molecular formula is C28H31ClFN7O2. The molecule has 0 unspecified atom stereocenters. The number of hydrogen-bond acceptors (Lipinski definition) is 7. The molecule has 1 aromatic carbocycles. The SMILES string of the molecule is COc1cc(N2CC3(CC(c4nnc5n4-c4ccc(Cl)cc4CN(C4(C(=O)N(C)C)CC4)C5)C3)C2)ncc1F. The quantitative estimate of drug-likeness (QED) is 0.477. The second-order valence-electron chi connectivity index (χ2n) is 11.8. The number of anilines is 1. The largest absolute Gasteiger partial charge is 0.493 e. The number of likely N-dealkylation sites (N-methyl/N-ethyl adjacent to an activating group) is 1. The van der Waals surface area contributed by atoms with Crippen LogP contribution in [0.25, 0.3) is 5.69 Å². The fraction of sp³-hybridized carbons (Fsp3) is 0.500. The van der Waals surface area contributed by atoms with Gasteiger partial charge in [-0.05, 0) is 49.4 Å². The van der Waals surface area contributed by atoms with Crippen molar-refractivity contribution in [1.29, 1.82) is 0 Å². The summed E-state index contributed by atoms with van der Waals surface area (Å²) < 4.78 is 21.1. The molecule has 2 aliphatic heterocycles. The van der Waals surface area contributed by atoms with E-state index in [0.717, 1.165) is 67.5 Å². The Hall–Kier alpha value is -3.24. The number of hydrogen-bond donors (Lipinski definition) is 0. The van der Waals surface area contributed by atoms with Crippen LogP contribution in [0.5, 0.6) is 5.75 Å². The highest BCUT2D eigenvalue weighted by Gasteiger charge is 2.57. The van der Waals surface area contributed by atoms with Crippen molar-refractivity contribution < 1.29 is 13.9 Å². The topological polar surface area (TPSA) is 79.6 Å². The molecule has 0 atom stereocenters. The molecule has 3 fully saturated rings. The van der Waals surface area contributed by atoms with E-state index in [1.807, 2.05) is 26.2 Å². The third-order valence-electron chi connectivity index (χ3n) is 8.99. The number of ether oxygens (including phenoxy) is 1. The number of carbonyl (C=O) groups excluding carboxylic acids is 1. The lowest BCUT2D eigenvalue weighted by Crippen LogP contribution is -2.62. The van der Waals surface area contributed by atoms with E-state index in [1.165, 1.54) is 13.3 Å². The number of rotatable bonds is 5. The van der Waals surface area contributed by atoms with Crippen molar-refractivity contribution in [3.8, 4) is 11.4 Å². The molecule has 1 saturated heterocycles.